The summed E-state index contributed by atoms with van der Waals surface area (Å²) in [5, 5.41) is 7.82. The Morgan fingerprint density at radius 1 is 1.19 bits per heavy atom. The van der Waals surface area contributed by atoms with Gasteiger partial charge in [0.1, 0.15) is 5.75 Å². The highest BCUT2D eigenvalue weighted by molar-refractivity contribution is 5.88. The quantitative estimate of drug-likeness (QED) is 0.550. The van der Waals surface area contributed by atoms with E-state index in [-0.39, 0.29) is 18.9 Å². The zero-order valence-corrected chi connectivity index (χ0v) is 14.7. The molecule has 0 bridgehead atoms. The number of amides is 1. The minimum absolute atomic E-state index is 0.107. The van der Waals surface area contributed by atoms with E-state index in [4.69, 9.17) is 9.26 Å². The average molecular weight is 362 g/mol. The van der Waals surface area contributed by atoms with E-state index in [1.807, 2.05) is 54.7 Å². The predicted octanol–water partition coefficient (Wildman–Crippen LogP) is 3.09. The zero-order valence-electron chi connectivity index (χ0n) is 14.7. The van der Waals surface area contributed by atoms with Gasteiger partial charge in [0.05, 0.1) is 20.1 Å². The third kappa shape index (κ3) is 3.67. The third-order valence-electron chi connectivity index (χ3n) is 4.28. The van der Waals surface area contributed by atoms with Crippen molar-refractivity contribution in [2.75, 3.05) is 7.11 Å². The van der Waals surface area contributed by atoms with Gasteiger partial charge in [-0.3, -0.25) is 4.79 Å². The number of nitrogens with one attached hydrogen (secondary N) is 2. The molecular weight excluding hydrogens is 344 g/mol. The first-order valence-corrected chi connectivity index (χ1v) is 8.51. The minimum Gasteiger partial charge on any atom is -0.497 e. The highest BCUT2D eigenvalue weighted by Crippen LogP contribution is 2.20. The number of rotatable bonds is 6. The van der Waals surface area contributed by atoms with E-state index in [9.17, 15) is 4.79 Å². The Kier molecular flexibility index (Phi) is 4.57. The highest BCUT2D eigenvalue weighted by Gasteiger charge is 2.12. The van der Waals surface area contributed by atoms with Crippen molar-refractivity contribution in [1.29, 1.82) is 0 Å². The maximum absolute atomic E-state index is 12.2. The number of nitrogens with zero attached hydrogens (tertiary/aromatic N) is 2. The molecule has 0 fully saturated rings. The molecular formula is C20H18N4O3. The van der Waals surface area contributed by atoms with Crippen molar-refractivity contribution in [1.82, 2.24) is 20.4 Å². The zero-order chi connectivity index (χ0) is 18.6. The topological polar surface area (TPSA) is 93.0 Å². The maximum atomic E-state index is 12.2. The fourth-order valence-electron chi connectivity index (χ4n) is 2.87. The van der Waals surface area contributed by atoms with Crippen molar-refractivity contribution < 1.29 is 14.1 Å². The second-order valence-electron chi connectivity index (χ2n) is 6.05. The molecule has 2 N–H and O–H groups in total. The number of ether oxygens (including phenoxy) is 1. The first kappa shape index (κ1) is 16.8. The van der Waals surface area contributed by atoms with Crippen molar-refractivity contribution in [2.24, 2.45) is 0 Å². The summed E-state index contributed by atoms with van der Waals surface area (Å²) in [6, 6.07) is 15.2. The van der Waals surface area contributed by atoms with E-state index in [1.54, 1.807) is 7.11 Å². The number of carbonyl (C=O) groups excluding carboxylic acids is 1. The van der Waals surface area contributed by atoms with Crippen LogP contribution in [0.25, 0.3) is 22.3 Å². The highest BCUT2D eigenvalue weighted by atomic mass is 16.5. The van der Waals surface area contributed by atoms with Gasteiger partial charge in [-0.1, -0.05) is 23.4 Å². The first-order valence-electron chi connectivity index (χ1n) is 8.51. The van der Waals surface area contributed by atoms with E-state index >= 15 is 0 Å². The van der Waals surface area contributed by atoms with E-state index in [0.717, 1.165) is 27.8 Å². The van der Waals surface area contributed by atoms with E-state index in [2.05, 4.69) is 20.4 Å². The van der Waals surface area contributed by atoms with Gasteiger partial charge in [-0.25, -0.2) is 0 Å². The van der Waals surface area contributed by atoms with Crippen LogP contribution < -0.4 is 10.1 Å². The van der Waals surface area contributed by atoms with E-state index in [0.29, 0.717) is 11.7 Å². The number of methoxy groups -OCH3 is 1. The van der Waals surface area contributed by atoms with Gasteiger partial charge < -0.3 is 19.6 Å². The molecule has 2 aromatic carbocycles. The van der Waals surface area contributed by atoms with Gasteiger partial charge in [-0.2, -0.15) is 4.98 Å². The number of aromatic nitrogens is 3. The Morgan fingerprint density at radius 3 is 2.81 bits per heavy atom. The van der Waals surface area contributed by atoms with Crippen LogP contribution in [0.2, 0.25) is 0 Å². The van der Waals surface area contributed by atoms with Gasteiger partial charge in [-0.05, 0) is 35.9 Å². The molecule has 136 valence electrons. The van der Waals surface area contributed by atoms with Crippen LogP contribution in [-0.2, 0) is 17.8 Å². The minimum atomic E-state index is -0.107. The lowest BCUT2D eigenvalue weighted by molar-refractivity contribution is -0.120. The molecule has 4 rings (SSSR count). The van der Waals surface area contributed by atoms with Crippen molar-refractivity contribution in [3.05, 3.63) is 66.2 Å². The van der Waals surface area contributed by atoms with Crippen molar-refractivity contribution in [3.63, 3.8) is 0 Å². The fraction of sp³-hybridized carbons (Fsp3) is 0.150. The van der Waals surface area contributed by atoms with Crippen LogP contribution in [0.1, 0.15) is 11.5 Å². The summed E-state index contributed by atoms with van der Waals surface area (Å²) in [7, 11) is 1.61. The molecule has 2 heterocycles. The smallest absolute Gasteiger partial charge is 0.246 e. The first-order chi connectivity index (χ1) is 13.2. The van der Waals surface area contributed by atoms with Crippen LogP contribution in [0, 0.1) is 0 Å². The number of fused-ring (bicyclic) bond motifs is 1. The number of aromatic amines is 1. The van der Waals surface area contributed by atoms with E-state index < -0.39 is 0 Å². The van der Waals surface area contributed by atoms with Crippen LogP contribution in [0.5, 0.6) is 5.75 Å². The van der Waals surface area contributed by atoms with Crippen molar-refractivity contribution in [2.45, 2.75) is 13.0 Å². The number of H-pyrrole nitrogens is 1. The molecule has 0 radical (unpaired) electrons. The molecule has 0 spiro atoms. The fourth-order valence-corrected chi connectivity index (χ4v) is 2.87. The van der Waals surface area contributed by atoms with Gasteiger partial charge in [-0.15, -0.1) is 0 Å². The molecule has 0 aliphatic heterocycles. The Labute approximate surface area is 155 Å². The lowest BCUT2D eigenvalue weighted by atomic mass is 10.1. The summed E-state index contributed by atoms with van der Waals surface area (Å²) < 4.78 is 10.3. The van der Waals surface area contributed by atoms with Crippen LogP contribution in [0.3, 0.4) is 0 Å². The molecule has 1 amide bonds. The monoisotopic (exact) mass is 362 g/mol. The second-order valence-corrected chi connectivity index (χ2v) is 6.05. The third-order valence-corrected chi connectivity index (χ3v) is 4.28. The Hall–Kier alpha value is -3.61. The second kappa shape index (κ2) is 7.33. The molecule has 0 aliphatic rings. The number of carbonyl (C=O) groups is 1. The molecule has 2 aromatic heterocycles. The number of hydrogen-bond donors (Lipinski definition) is 2. The number of hydrogen-bond acceptors (Lipinski definition) is 5. The molecule has 0 aliphatic carbocycles. The van der Waals surface area contributed by atoms with Gasteiger partial charge in [0.2, 0.25) is 17.6 Å². The number of benzene rings is 2. The molecule has 4 aromatic rings. The molecule has 7 nitrogen and oxygen atoms in total. The van der Waals surface area contributed by atoms with E-state index in [1.165, 1.54) is 0 Å². The average Bonchev–Trinajstić information content (AvgIpc) is 3.34. The van der Waals surface area contributed by atoms with Crippen LogP contribution in [0.15, 0.2) is 59.3 Å². The van der Waals surface area contributed by atoms with Crippen molar-refractivity contribution in [3.8, 4) is 17.1 Å². The summed E-state index contributed by atoms with van der Waals surface area (Å²) in [5.74, 6) is 1.47. The molecule has 0 atom stereocenters. The van der Waals surface area contributed by atoms with Gasteiger partial charge in [0.15, 0.2) is 0 Å². The van der Waals surface area contributed by atoms with Crippen LogP contribution >= 0.6 is 0 Å². The standard InChI is InChI=1S/C20H18N4O3/c1-26-15-8-6-13(7-9-15)20-23-19(27-24-20)12-22-18(25)10-14-11-21-17-5-3-2-4-16(14)17/h2-9,11,21H,10,12H2,1H3,(H,22,25). The van der Waals surface area contributed by atoms with Crippen molar-refractivity contribution >= 4 is 16.8 Å². The maximum Gasteiger partial charge on any atom is 0.246 e. The number of para-hydroxylation sites is 1. The molecule has 0 saturated carbocycles. The largest absolute Gasteiger partial charge is 0.497 e. The molecule has 7 heteroatoms. The van der Waals surface area contributed by atoms with Gasteiger partial charge >= 0.3 is 0 Å². The molecule has 0 unspecified atom stereocenters. The summed E-state index contributed by atoms with van der Waals surface area (Å²) in [4.78, 5) is 19.7. The van der Waals surface area contributed by atoms with Crippen LogP contribution in [-0.4, -0.2) is 28.1 Å². The lowest BCUT2D eigenvalue weighted by Gasteiger charge is -2.01. The SMILES string of the molecule is COc1ccc(-c2noc(CNC(=O)Cc3c[nH]c4ccccc34)n2)cc1. The normalized spacial score (nSPS) is 10.9. The summed E-state index contributed by atoms with van der Waals surface area (Å²) >= 11 is 0. The summed E-state index contributed by atoms with van der Waals surface area (Å²) in [5.41, 5.74) is 2.78. The Balaban J connectivity index is 1.37. The van der Waals surface area contributed by atoms with Gasteiger partial charge in [0.25, 0.3) is 0 Å². The lowest BCUT2D eigenvalue weighted by Crippen LogP contribution is -2.24. The summed E-state index contributed by atoms with van der Waals surface area (Å²) in [6.45, 7) is 0.185. The van der Waals surface area contributed by atoms with Gasteiger partial charge in [0, 0.05) is 22.7 Å². The Bertz CT molecular complexity index is 1070. The summed E-state index contributed by atoms with van der Waals surface area (Å²) in [6.07, 6.45) is 2.14. The predicted molar refractivity (Wildman–Crippen MR) is 100 cm³/mol. The Morgan fingerprint density at radius 2 is 2.00 bits per heavy atom. The molecule has 27 heavy (non-hydrogen) atoms. The molecule has 0 saturated heterocycles. The van der Waals surface area contributed by atoms with Crippen LogP contribution in [0.4, 0.5) is 0 Å².